The molecule has 1 aliphatic rings. The zero-order valence-electron chi connectivity index (χ0n) is 8.99. The summed E-state index contributed by atoms with van der Waals surface area (Å²) in [5.74, 6) is 0.688. The Bertz CT molecular complexity index is 384. The van der Waals surface area contributed by atoms with Crippen LogP contribution in [-0.4, -0.2) is 16.7 Å². The fourth-order valence-corrected chi connectivity index (χ4v) is 2.62. The summed E-state index contributed by atoms with van der Waals surface area (Å²) in [6.45, 7) is 4.58. The smallest absolute Gasteiger partial charge is 0.147 e. The quantitative estimate of drug-likeness (QED) is 0.840. The third kappa shape index (κ3) is 2.21. The number of hydrogen-bond donors (Lipinski definition) is 1. The maximum absolute atomic E-state index is 10.1. The molecular formula is C11H15NO2S. The molecule has 1 N–H and O–H groups in total. The van der Waals surface area contributed by atoms with Crippen molar-refractivity contribution in [2.75, 3.05) is 6.61 Å². The molecule has 0 aliphatic carbocycles. The number of thiazole rings is 1. The van der Waals surface area contributed by atoms with E-state index in [1.54, 1.807) is 0 Å². The topological polar surface area (TPSA) is 42.4 Å². The Kier molecular flexibility index (Phi) is 3.07. The first-order chi connectivity index (χ1) is 7.18. The van der Waals surface area contributed by atoms with Gasteiger partial charge in [-0.2, -0.15) is 0 Å². The van der Waals surface area contributed by atoms with E-state index in [0.29, 0.717) is 12.4 Å². The Morgan fingerprint density at radius 1 is 1.53 bits per heavy atom. The molecule has 0 radical (unpaired) electrons. The number of aliphatic hydroxyl groups excluding tert-OH is 1. The lowest BCUT2D eigenvalue weighted by Gasteiger charge is -2.19. The van der Waals surface area contributed by atoms with Gasteiger partial charge in [-0.1, -0.05) is 0 Å². The summed E-state index contributed by atoms with van der Waals surface area (Å²) in [7, 11) is 0. The highest BCUT2D eigenvalue weighted by Crippen LogP contribution is 2.31. The van der Waals surface area contributed by atoms with Crippen LogP contribution in [0.4, 0.5) is 0 Å². The minimum Gasteiger partial charge on any atom is -0.495 e. The first kappa shape index (κ1) is 10.6. The Hall–Kier alpha value is -0.870. The highest BCUT2D eigenvalue weighted by Gasteiger charge is 2.21. The van der Waals surface area contributed by atoms with Gasteiger partial charge in [-0.15, -0.1) is 11.3 Å². The lowest BCUT2D eigenvalue weighted by molar-refractivity contribution is 0.0932. The molecule has 0 aromatic carbocycles. The molecule has 1 aromatic rings. The molecule has 1 atom stereocenters. The summed E-state index contributed by atoms with van der Waals surface area (Å²) >= 11 is 1.53. The van der Waals surface area contributed by atoms with Gasteiger partial charge in [0.15, 0.2) is 0 Å². The van der Waals surface area contributed by atoms with Gasteiger partial charge in [-0.05, 0) is 32.8 Å². The van der Waals surface area contributed by atoms with E-state index in [1.807, 2.05) is 19.9 Å². The molecule has 2 rings (SSSR count). The van der Waals surface area contributed by atoms with Gasteiger partial charge in [0, 0.05) is 0 Å². The molecule has 1 aliphatic heterocycles. The van der Waals surface area contributed by atoms with Gasteiger partial charge >= 0.3 is 0 Å². The molecule has 3 nitrogen and oxygen atoms in total. The lowest BCUT2D eigenvalue weighted by Crippen LogP contribution is -2.09. The van der Waals surface area contributed by atoms with Gasteiger partial charge in [0.1, 0.15) is 11.9 Å². The molecule has 0 spiro atoms. The molecule has 1 unspecified atom stereocenters. The number of ether oxygens (including phenoxy) is 1. The Morgan fingerprint density at radius 2 is 2.33 bits per heavy atom. The number of allylic oxidation sites excluding steroid dienone is 1. The number of aryl methyl sites for hydroxylation is 2. The lowest BCUT2D eigenvalue weighted by atomic mass is 10.1. The van der Waals surface area contributed by atoms with Gasteiger partial charge in [0.25, 0.3) is 0 Å². The third-order valence-corrected chi connectivity index (χ3v) is 3.55. The van der Waals surface area contributed by atoms with Gasteiger partial charge in [0.2, 0.25) is 0 Å². The van der Waals surface area contributed by atoms with Crippen LogP contribution >= 0.6 is 11.3 Å². The van der Waals surface area contributed by atoms with Crippen LogP contribution in [0.2, 0.25) is 0 Å². The predicted octanol–water partition coefficient (Wildman–Crippen LogP) is 2.49. The van der Waals surface area contributed by atoms with Crippen molar-refractivity contribution in [3.63, 3.8) is 0 Å². The molecular weight excluding hydrogens is 210 g/mol. The molecule has 0 saturated carbocycles. The van der Waals surface area contributed by atoms with Crippen molar-refractivity contribution >= 4 is 11.3 Å². The van der Waals surface area contributed by atoms with Crippen molar-refractivity contribution in [2.45, 2.75) is 32.8 Å². The van der Waals surface area contributed by atoms with Crippen molar-refractivity contribution < 1.29 is 9.84 Å². The van der Waals surface area contributed by atoms with Crippen LogP contribution in [0.3, 0.4) is 0 Å². The first-order valence-electron chi connectivity index (χ1n) is 5.13. The molecule has 2 heterocycles. The maximum atomic E-state index is 10.1. The van der Waals surface area contributed by atoms with Gasteiger partial charge in [0.05, 0.1) is 22.2 Å². The minimum atomic E-state index is -0.628. The van der Waals surface area contributed by atoms with E-state index in [1.165, 1.54) is 11.3 Å². The van der Waals surface area contributed by atoms with E-state index in [0.717, 1.165) is 28.4 Å². The average Bonchev–Trinajstić information content (AvgIpc) is 2.58. The summed E-state index contributed by atoms with van der Waals surface area (Å²) in [5, 5.41) is 11.1. The number of rotatable bonds is 2. The minimum absolute atomic E-state index is 0.628. The molecule has 15 heavy (non-hydrogen) atoms. The molecule has 0 saturated heterocycles. The molecule has 0 bridgehead atoms. The van der Waals surface area contributed by atoms with Crippen LogP contribution < -0.4 is 0 Å². The van der Waals surface area contributed by atoms with Crippen LogP contribution in [0.15, 0.2) is 11.8 Å². The monoisotopic (exact) mass is 225 g/mol. The van der Waals surface area contributed by atoms with Crippen molar-refractivity contribution in [1.82, 2.24) is 4.98 Å². The second-order valence-corrected chi connectivity index (χ2v) is 4.92. The SMILES string of the molecule is Cc1nc(C)c(C(O)C2=CCCCO2)s1. The van der Waals surface area contributed by atoms with E-state index >= 15 is 0 Å². The van der Waals surface area contributed by atoms with E-state index < -0.39 is 6.10 Å². The second-order valence-electron chi connectivity index (χ2n) is 3.68. The zero-order valence-corrected chi connectivity index (χ0v) is 9.80. The third-order valence-electron chi connectivity index (χ3n) is 2.42. The summed E-state index contributed by atoms with van der Waals surface area (Å²) in [6, 6.07) is 0. The summed E-state index contributed by atoms with van der Waals surface area (Å²) in [5.41, 5.74) is 0.903. The Labute approximate surface area is 93.4 Å². The summed E-state index contributed by atoms with van der Waals surface area (Å²) in [4.78, 5) is 5.21. The second kappa shape index (κ2) is 4.33. The van der Waals surface area contributed by atoms with Crippen molar-refractivity contribution in [2.24, 2.45) is 0 Å². The first-order valence-corrected chi connectivity index (χ1v) is 5.95. The number of nitrogens with zero attached hydrogens (tertiary/aromatic N) is 1. The fraction of sp³-hybridized carbons (Fsp3) is 0.545. The largest absolute Gasteiger partial charge is 0.495 e. The van der Waals surface area contributed by atoms with E-state index in [4.69, 9.17) is 4.74 Å². The summed E-state index contributed by atoms with van der Waals surface area (Å²) in [6.07, 6.45) is 3.37. The molecule has 0 amide bonds. The van der Waals surface area contributed by atoms with E-state index in [2.05, 4.69) is 4.98 Å². The number of aliphatic hydroxyl groups is 1. The number of hydrogen-bond acceptors (Lipinski definition) is 4. The van der Waals surface area contributed by atoms with Crippen LogP contribution in [0, 0.1) is 13.8 Å². The standard InChI is InChI=1S/C11H15NO2S/c1-7-11(15-8(2)12-7)10(13)9-5-3-4-6-14-9/h5,10,13H,3-4,6H2,1-2H3. The average molecular weight is 225 g/mol. The molecule has 82 valence electrons. The van der Waals surface area contributed by atoms with Crippen molar-refractivity contribution in [3.05, 3.63) is 27.4 Å². The normalized spacial score (nSPS) is 18.2. The Morgan fingerprint density at radius 3 is 2.87 bits per heavy atom. The fourth-order valence-electron chi connectivity index (χ4n) is 1.70. The Balaban J connectivity index is 2.23. The number of aromatic nitrogens is 1. The predicted molar refractivity (Wildman–Crippen MR) is 59.8 cm³/mol. The van der Waals surface area contributed by atoms with Crippen LogP contribution in [-0.2, 0) is 4.74 Å². The van der Waals surface area contributed by atoms with Crippen molar-refractivity contribution in [1.29, 1.82) is 0 Å². The van der Waals surface area contributed by atoms with E-state index in [-0.39, 0.29) is 0 Å². The van der Waals surface area contributed by atoms with Crippen LogP contribution in [0.25, 0.3) is 0 Å². The van der Waals surface area contributed by atoms with Crippen LogP contribution in [0.5, 0.6) is 0 Å². The summed E-state index contributed by atoms with van der Waals surface area (Å²) < 4.78 is 5.45. The van der Waals surface area contributed by atoms with Gasteiger partial charge < -0.3 is 9.84 Å². The maximum Gasteiger partial charge on any atom is 0.147 e. The highest BCUT2D eigenvalue weighted by atomic mass is 32.1. The highest BCUT2D eigenvalue weighted by molar-refractivity contribution is 7.11. The van der Waals surface area contributed by atoms with E-state index in [9.17, 15) is 5.11 Å². The van der Waals surface area contributed by atoms with Gasteiger partial charge in [-0.25, -0.2) is 4.98 Å². The van der Waals surface area contributed by atoms with Crippen molar-refractivity contribution in [3.8, 4) is 0 Å². The molecule has 1 aromatic heterocycles. The van der Waals surface area contributed by atoms with Crippen LogP contribution in [0.1, 0.15) is 34.5 Å². The zero-order chi connectivity index (χ0) is 10.8. The van der Waals surface area contributed by atoms with Gasteiger partial charge in [-0.3, -0.25) is 0 Å². The molecule has 0 fully saturated rings. The molecule has 4 heteroatoms.